The first-order chi connectivity index (χ1) is 24.3. The lowest BCUT2D eigenvalue weighted by Crippen LogP contribution is -2.13. The van der Waals surface area contributed by atoms with Crippen LogP contribution in [0.4, 0.5) is 8.78 Å². The van der Waals surface area contributed by atoms with Gasteiger partial charge in [-0.15, -0.1) is 0 Å². The largest absolute Gasteiger partial charge is 0.490 e. The molecule has 2 fully saturated rings. The maximum Gasteiger partial charge on any atom is 0.346 e. The van der Waals surface area contributed by atoms with Gasteiger partial charge in [0.2, 0.25) is 5.82 Å². The second-order valence-electron chi connectivity index (χ2n) is 11.7. The molecule has 0 N–H and O–H groups in total. The molecule has 5 rings (SSSR count). The molecule has 11 nitrogen and oxygen atoms in total. The van der Waals surface area contributed by atoms with E-state index in [1.807, 2.05) is 12.1 Å². The lowest BCUT2D eigenvalue weighted by atomic mass is 10.0. The highest BCUT2D eigenvalue weighted by molar-refractivity contribution is 5.92. The van der Waals surface area contributed by atoms with Crippen LogP contribution in [-0.2, 0) is 35.0 Å². The first kappa shape index (κ1) is 36.4. The Hall–Kier alpha value is -4.88. The Balaban J connectivity index is 0.982. The standard InChI is InChI=1S/C37H38F2O11/c38-32-28(17-18-29(33(32)39)44-19-6-7-21-46-37(43)31-23-48-31)35(41)50-27-15-13-26(14-16-27)49-34(40)25-11-9-24(10-12-25)8-4-2-1-3-5-20-45-36(42)30-22-47-30/h9-18,30-31H,1-8,19-23H2. The summed E-state index contributed by atoms with van der Waals surface area (Å²) in [5, 5.41) is 0. The molecular formula is C37H38F2O11. The molecule has 266 valence electrons. The minimum Gasteiger partial charge on any atom is -0.490 e. The van der Waals surface area contributed by atoms with Gasteiger partial charge >= 0.3 is 23.9 Å². The zero-order chi connectivity index (χ0) is 35.3. The number of hydrogen-bond donors (Lipinski definition) is 0. The maximum atomic E-state index is 14.7. The number of benzene rings is 3. The number of ether oxygens (including phenoxy) is 7. The Morgan fingerprint density at radius 2 is 1.12 bits per heavy atom. The molecule has 2 aliphatic heterocycles. The van der Waals surface area contributed by atoms with Gasteiger partial charge in [0.05, 0.1) is 44.2 Å². The maximum absolute atomic E-state index is 14.7. The third-order valence-corrected chi connectivity index (χ3v) is 7.79. The number of esters is 4. The topological polar surface area (TPSA) is 139 Å². The highest BCUT2D eigenvalue weighted by atomic mass is 19.2. The number of carbonyl (C=O) groups excluding carboxylic acids is 4. The molecule has 13 heteroatoms. The highest BCUT2D eigenvalue weighted by Gasteiger charge is 2.33. The number of carbonyl (C=O) groups is 4. The summed E-state index contributed by atoms with van der Waals surface area (Å²) in [6.45, 7) is 1.45. The van der Waals surface area contributed by atoms with Crippen LogP contribution in [0, 0.1) is 11.6 Å². The van der Waals surface area contributed by atoms with Crippen LogP contribution in [0.3, 0.4) is 0 Å². The molecule has 0 saturated carbocycles. The number of aryl methyl sites for hydroxylation is 1. The quantitative estimate of drug-likeness (QED) is 0.0600. The molecule has 50 heavy (non-hydrogen) atoms. The molecule has 0 aliphatic carbocycles. The summed E-state index contributed by atoms with van der Waals surface area (Å²) in [4.78, 5) is 48.0. The third kappa shape index (κ3) is 11.3. The summed E-state index contributed by atoms with van der Waals surface area (Å²) in [5.41, 5.74) is 0.841. The van der Waals surface area contributed by atoms with Crippen LogP contribution >= 0.6 is 0 Å². The Kier molecular flexibility index (Phi) is 13.3. The van der Waals surface area contributed by atoms with E-state index < -0.39 is 41.2 Å². The second kappa shape index (κ2) is 18.2. The average Bonchev–Trinajstić information content (AvgIpc) is 4.04. The number of hydrogen-bond acceptors (Lipinski definition) is 11. The van der Waals surface area contributed by atoms with Crippen molar-refractivity contribution in [2.75, 3.05) is 33.0 Å². The molecule has 3 aromatic carbocycles. The van der Waals surface area contributed by atoms with Crippen LogP contribution in [-0.4, -0.2) is 69.1 Å². The Labute approximate surface area is 287 Å². The summed E-state index contributed by atoms with van der Waals surface area (Å²) >= 11 is 0. The molecule has 0 aromatic heterocycles. The van der Waals surface area contributed by atoms with Crippen molar-refractivity contribution < 1.29 is 61.1 Å². The SMILES string of the molecule is O=C(Oc1ccc(OC(=O)c2ccc(OCCCCOC(=O)C3CO3)c(F)c2F)cc1)c1ccc(CCCCCCCOC(=O)C2CO2)cc1. The summed E-state index contributed by atoms with van der Waals surface area (Å²) < 4.78 is 64.9. The smallest absolute Gasteiger partial charge is 0.346 e. The van der Waals surface area contributed by atoms with E-state index >= 15 is 0 Å². The van der Waals surface area contributed by atoms with Crippen LogP contribution in [0.2, 0.25) is 0 Å². The summed E-state index contributed by atoms with van der Waals surface area (Å²) in [5.74, 6) is -5.28. The van der Waals surface area contributed by atoms with E-state index in [0.717, 1.165) is 56.2 Å². The number of epoxide rings is 2. The number of halogens is 2. The summed E-state index contributed by atoms with van der Waals surface area (Å²) in [6.07, 6.45) is 5.82. The Bertz CT molecular complexity index is 1620. The molecule has 0 spiro atoms. The van der Waals surface area contributed by atoms with E-state index in [9.17, 15) is 28.0 Å². The van der Waals surface area contributed by atoms with Gasteiger partial charge in [0, 0.05) is 0 Å². The molecular weight excluding hydrogens is 658 g/mol. The van der Waals surface area contributed by atoms with Gasteiger partial charge in [-0.1, -0.05) is 31.4 Å². The van der Waals surface area contributed by atoms with Crippen molar-refractivity contribution in [2.24, 2.45) is 0 Å². The van der Waals surface area contributed by atoms with Crippen LogP contribution in [0.25, 0.3) is 0 Å². The lowest BCUT2D eigenvalue weighted by molar-refractivity contribution is -0.146. The number of unbranched alkanes of at least 4 members (excludes halogenated alkanes) is 5. The normalized spacial score (nSPS) is 15.9. The fourth-order valence-electron chi connectivity index (χ4n) is 4.76. The third-order valence-electron chi connectivity index (χ3n) is 7.79. The van der Waals surface area contributed by atoms with Crippen LogP contribution in [0.15, 0.2) is 60.7 Å². The van der Waals surface area contributed by atoms with Crippen LogP contribution in [0.5, 0.6) is 17.2 Å². The molecule has 2 atom stereocenters. The van der Waals surface area contributed by atoms with E-state index in [1.54, 1.807) is 12.1 Å². The molecule has 3 aromatic rings. The first-order valence-electron chi connectivity index (χ1n) is 16.6. The van der Waals surface area contributed by atoms with Crippen molar-refractivity contribution in [3.63, 3.8) is 0 Å². The first-order valence-corrected chi connectivity index (χ1v) is 16.6. The molecule has 2 heterocycles. The molecule has 2 saturated heterocycles. The van der Waals surface area contributed by atoms with Gasteiger partial charge in [-0.3, -0.25) is 0 Å². The van der Waals surface area contributed by atoms with E-state index in [0.29, 0.717) is 38.2 Å². The van der Waals surface area contributed by atoms with Crippen molar-refractivity contribution in [2.45, 2.75) is 63.6 Å². The van der Waals surface area contributed by atoms with Crippen molar-refractivity contribution in [1.29, 1.82) is 0 Å². The zero-order valence-corrected chi connectivity index (χ0v) is 27.4. The monoisotopic (exact) mass is 696 g/mol. The predicted molar refractivity (Wildman–Crippen MR) is 172 cm³/mol. The van der Waals surface area contributed by atoms with Crippen molar-refractivity contribution in [3.8, 4) is 17.2 Å². The van der Waals surface area contributed by atoms with E-state index in [-0.39, 0.29) is 42.5 Å². The summed E-state index contributed by atoms with van der Waals surface area (Å²) in [6, 6.07) is 14.9. The van der Waals surface area contributed by atoms with Crippen LogP contribution in [0.1, 0.15) is 71.2 Å². The molecule has 2 unspecified atom stereocenters. The lowest BCUT2D eigenvalue weighted by Gasteiger charge is -2.11. The fourth-order valence-corrected chi connectivity index (χ4v) is 4.76. The van der Waals surface area contributed by atoms with Crippen molar-refractivity contribution >= 4 is 23.9 Å². The van der Waals surface area contributed by atoms with Gasteiger partial charge in [0.1, 0.15) is 11.5 Å². The Morgan fingerprint density at radius 3 is 1.72 bits per heavy atom. The molecule has 0 amide bonds. The zero-order valence-electron chi connectivity index (χ0n) is 27.4. The number of rotatable bonds is 20. The highest BCUT2D eigenvalue weighted by Crippen LogP contribution is 2.26. The van der Waals surface area contributed by atoms with E-state index in [4.69, 9.17) is 33.2 Å². The van der Waals surface area contributed by atoms with Gasteiger partial charge in [0.25, 0.3) is 0 Å². The second-order valence-corrected chi connectivity index (χ2v) is 11.7. The minimum atomic E-state index is -1.42. The van der Waals surface area contributed by atoms with Crippen LogP contribution < -0.4 is 14.2 Å². The van der Waals surface area contributed by atoms with E-state index in [1.165, 1.54) is 24.3 Å². The Morgan fingerprint density at radius 1 is 0.600 bits per heavy atom. The molecule has 0 bridgehead atoms. The molecule has 0 radical (unpaired) electrons. The van der Waals surface area contributed by atoms with Crippen molar-refractivity contribution in [3.05, 3.63) is 89.0 Å². The van der Waals surface area contributed by atoms with Gasteiger partial charge in [-0.05, 0) is 86.2 Å². The van der Waals surface area contributed by atoms with Gasteiger partial charge in [-0.2, -0.15) is 4.39 Å². The summed E-state index contributed by atoms with van der Waals surface area (Å²) in [7, 11) is 0. The average molecular weight is 697 g/mol. The van der Waals surface area contributed by atoms with Gasteiger partial charge in [-0.25, -0.2) is 23.6 Å². The van der Waals surface area contributed by atoms with Gasteiger partial charge in [0.15, 0.2) is 23.8 Å². The van der Waals surface area contributed by atoms with Gasteiger partial charge < -0.3 is 33.2 Å². The van der Waals surface area contributed by atoms with E-state index in [2.05, 4.69) is 0 Å². The molecule has 2 aliphatic rings. The predicted octanol–water partition coefficient (Wildman–Crippen LogP) is 5.94. The minimum absolute atomic E-state index is 0.0281. The van der Waals surface area contributed by atoms with Crippen molar-refractivity contribution in [1.82, 2.24) is 0 Å². The fraction of sp³-hybridized carbons (Fsp3) is 0.405.